The molecule has 43 heavy (non-hydrogen) atoms. The highest BCUT2D eigenvalue weighted by Crippen LogP contribution is 2.41. The van der Waals surface area contributed by atoms with Gasteiger partial charge in [-0.3, -0.25) is 9.69 Å². The van der Waals surface area contributed by atoms with E-state index in [1.807, 2.05) is 11.8 Å². The molecule has 1 aliphatic rings. The molecule has 0 amide bonds. The van der Waals surface area contributed by atoms with Gasteiger partial charge in [0.2, 0.25) is 11.2 Å². The fraction of sp³-hybridized carbons (Fsp3) is 0.290. The average molecular weight is 618 g/mol. The molecule has 8 nitrogen and oxygen atoms in total. The van der Waals surface area contributed by atoms with Gasteiger partial charge in [-0.2, -0.15) is 13.2 Å². The van der Waals surface area contributed by atoms with Crippen LogP contribution in [0.3, 0.4) is 0 Å². The van der Waals surface area contributed by atoms with Crippen LogP contribution in [-0.4, -0.2) is 43.8 Å². The van der Waals surface area contributed by atoms with Crippen LogP contribution < -0.4 is 19.6 Å². The van der Waals surface area contributed by atoms with Gasteiger partial charge < -0.3 is 23.4 Å². The van der Waals surface area contributed by atoms with E-state index in [0.717, 1.165) is 0 Å². The third-order valence-corrected chi connectivity index (χ3v) is 7.20. The minimum atomic E-state index is -5.09. The van der Waals surface area contributed by atoms with E-state index >= 15 is 0 Å². The Bertz CT molecular complexity index is 1700. The van der Waals surface area contributed by atoms with E-state index in [9.17, 15) is 22.8 Å². The van der Waals surface area contributed by atoms with E-state index < -0.39 is 29.1 Å². The van der Waals surface area contributed by atoms with Crippen LogP contribution in [0.25, 0.3) is 11.0 Å². The summed E-state index contributed by atoms with van der Waals surface area (Å²) in [6.07, 6.45) is -5.09. The first kappa shape index (κ1) is 30.4. The van der Waals surface area contributed by atoms with E-state index in [1.54, 1.807) is 19.1 Å². The standard InChI is InChI=1S/C31H27ClF3NO7/c1-3-40-20-6-4-19(5-7-20)30(38)42-25-11-9-22-26(37)28(41-21-8-10-24(32)18(2)16-21)29(31(33,34)35)43-27(22)23(25)17-36-12-14-39-15-13-36/h4-11,16H,3,12-15,17H2,1-2H3. The first-order valence-corrected chi connectivity index (χ1v) is 13.8. The molecule has 3 aromatic carbocycles. The van der Waals surface area contributed by atoms with Gasteiger partial charge in [0.25, 0.3) is 5.76 Å². The van der Waals surface area contributed by atoms with Gasteiger partial charge in [0.1, 0.15) is 22.8 Å². The van der Waals surface area contributed by atoms with Crippen LogP contribution in [-0.2, 0) is 17.5 Å². The highest BCUT2D eigenvalue weighted by molar-refractivity contribution is 6.31. The molecule has 226 valence electrons. The van der Waals surface area contributed by atoms with Crippen molar-refractivity contribution in [2.75, 3.05) is 32.9 Å². The smallest absolute Gasteiger partial charge is 0.453 e. The number of ether oxygens (including phenoxy) is 4. The fourth-order valence-corrected chi connectivity index (χ4v) is 4.72. The van der Waals surface area contributed by atoms with Gasteiger partial charge in [0, 0.05) is 24.7 Å². The molecule has 0 radical (unpaired) electrons. The van der Waals surface area contributed by atoms with Gasteiger partial charge in [0.05, 0.1) is 36.3 Å². The highest BCUT2D eigenvalue weighted by Gasteiger charge is 2.41. The molecule has 0 aliphatic carbocycles. The minimum Gasteiger partial charge on any atom is -0.494 e. The zero-order valence-corrected chi connectivity index (χ0v) is 24.0. The SMILES string of the molecule is CCOc1ccc(C(=O)Oc2ccc3c(=O)c(Oc4ccc(Cl)c(C)c4)c(C(F)(F)F)oc3c2CN2CCOCC2)cc1. The Morgan fingerprint density at radius 2 is 1.72 bits per heavy atom. The van der Waals surface area contributed by atoms with Crippen molar-refractivity contribution in [3.63, 3.8) is 0 Å². The lowest BCUT2D eigenvalue weighted by molar-refractivity contribution is -0.154. The van der Waals surface area contributed by atoms with Crippen molar-refractivity contribution in [1.82, 2.24) is 4.90 Å². The topological polar surface area (TPSA) is 87.4 Å². The van der Waals surface area contributed by atoms with Crippen molar-refractivity contribution in [1.29, 1.82) is 0 Å². The Morgan fingerprint density at radius 3 is 2.37 bits per heavy atom. The van der Waals surface area contributed by atoms with Crippen molar-refractivity contribution in [2.24, 2.45) is 0 Å². The summed E-state index contributed by atoms with van der Waals surface area (Å²) in [6, 6.07) is 13.1. The maximum absolute atomic E-state index is 14.4. The molecule has 5 rings (SSSR count). The number of hydrogen-bond donors (Lipinski definition) is 0. The summed E-state index contributed by atoms with van der Waals surface area (Å²) in [5.74, 6) is -2.88. The first-order chi connectivity index (χ1) is 20.5. The zero-order chi connectivity index (χ0) is 30.7. The number of esters is 1. The Morgan fingerprint density at radius 1 is 1.02 bits per heavy atom. The molecule has 0 bridgehead atoms. The number of carbonyl (C=O) groups excluding carboxylic acids is 1. The van der Waals surface area contributed by atoms with Crippen LogP contribution in [0.15, 0.2) is 63.8 Å². The molecule has 2 heterocycles. The van der Waals surface area contributed by atoms with Gasteiger partial charge in [-0.1, -0.05) is 11.6 Å². The first-order valence-electron chi connectivity index (χ1n) is 13.4. The quantitative estimate of drug-likeness (QED) is 0.154. The van der Waals surface area contributed by atoms with Gasteiger partial charge in [0.15, 0.2) is 0 Å². The number of alkyl halides is 3. The second kappa shape index (κ2) is 12.7. The second-order valence-electron chi connectivity index (χ2n) is 9.75. The van der Waals surface area contributed by atoms with Crippen molar-refractivity contribution < 1.29 is 41.3 Å². The van der Waals surface area contributed by atoms with E-state index in [1.165, 1.54) is 42.5 Å². The Balaban J connectivity index is 1.62. The van der Waals surface area contributed by atoms with Crippen LogP contribution >= 0.6 is 11.6 Å². The van der Waals surface area contributed by atoms with Gasteiger partial charge in [-0.25, -0.2) is 4.79 Å². The Kier molecular flexibility index (Phi) is 8.95. The van der Waals surface area contributed by atoms with Crippen LogP contribution in [0.5, 0.6) is 23.0 Å². The van der Waals surface area contributed by atoms with Gasteiger partial charge in [-0.15, -0.1) is 0 Å². The molecule has 0 spiro atoms. The molecule has 0 N–H and O–H groups in total. The van der Waals surface area contributed by atoms with Gasteiger partial charge >= 0.3 is 12.1 Å². The number of carbonyl (C=O) groups is 1. The monoisotopic (exact) mass is 617 g/mol. The maximum Gasteiger partial charge on any atom is 0.453 e. The van der Waals surface area contributed by atoms with E-state index in [4.69, 9.17) is 35.0 Å². The molecule has 4 aromatic rings. The third kappa shape index (κ3) is 6.79. The molecule has 1 aliphatic heterocycles. The van der Waals surface area contributed by atoms with Crippen LogP contribution in [0.4, 0.5) is 13.2 Å². The minimum absolute atomic E-state index is 0.0199. The number of fused-ring (bicyclic) bond motifs is 1. The van der Waals surface area contributed by atoms with Crippen LogP contribution in [0.1, 0.15) is 34.2 Å². The molecular weight excluding hydrogens is 591 g/mol. The summed E-state index contributed by atoms with van der Waals surface area (Å²) in [4.78, 5) is 28.5. The predicted octanol–water partition coefficient (Wildman–Crippen LogP) is 7.02. The zero-order valence-electron chi connectivity index (χ0n) is 23.3. The summed E-state index contributed by atoms with van der Waals surface area (Å²) in [5, 5.41) is 0.215. The van der Waals surface area contributed by atoms with Crippen molar-refractivity contribution >= 4 is 28.5 Å². The number of nitrogens with zero attached hydrogens (tertiary/aromatic N) is 1. The summed E-state index contributed by atoms with van der Waals surface area (Å²) in [5.41, 5.74) is -0.547. The number of benzene rings is 3. The molecular formula is C31H27ClF3NO7. The Hall–Kier alpha value is -4.06. The predicted molar refractivity (Wildman–Crippen MR) is 152 cm³/mol. The lowest BCUT2D eigenvalue weighted by Crippen LogP contribution is -2.36. The van der Waals surface area contributed by atoms with Crippen LogP contribution in [0.2, 0.25) is 5.02 Å². The van der Waals surface area contributed by atoms with Crippen molar-refractivity contribution in [3.8, 4) is 23.0 Å². The molecule has 0 unspecified atom stereocenters. The maximum atomic E-state index is 14.4. The number of halogens is 4. The highest BCUT2D eigenvalue weighted by atomic mass is 35.5. The summed E-state index contributed by atoms with van der Waals surface area (Å²) in [7, 11) is 0. The largest absolute Gasteiger partial charge is 0.494 e. The van der Waals surface area contributed by atoms with Crippen molar-refractivity contribution in [3.05, 3.63) is 92.3 Å². The lowest BCUT2D eigenvalue weighted by atomic mass is 10.1. The molecule has 0 saturated carbocycles. The summed E-state index contributed by atoms with van der Waals surface area (Å²) in [6.45, 7) is 5.70. The van der Waals surface area contributed by atoms with Crippen LogP contribution in [0, 0.1) is 6.92 Å². The van der Waals surface area contributed by atoms with E-state index in [-0.39, 0.29) is 40.1 Å². The van der Waals surface area contributed by atoms with E-state index in [2.05, 4.69) is 0 Å². The fourth-order valence-electron chi connectivity index (χ4n) is 4.60. The normalized spacial score (nSPS) is 14.1. The van der Waals surface area contributed by atoms with E-state index in [0.29, 0.717) is 49.2 Å². The number of aryl methyl sites for hydroxylation is 1. The number of morpholine rings is 1. The number of hydrogen-bond acceptors (Lipinski definition) is 8. The van der Waals surface area contributed by atoms with Crippen molar-refractivity contribution in [2.45, 2.75) is 26.6 Å². The molecule has 1 aromatic heterocycles. The second-order valence-corrected chi connectivity index (χ2v) is 10.2. The molecule has 0 atom stereocenters. The van der Waals surface area contributed by atoms with Gasteiger partial charge in [-0.05, 0) is 74.0 Å². The summed E-state index contributed by atoms with van der Waals surface area (Å²) >= 11 is 6.03. The lowest BCUT2D eigenvalue weighted by Gasteiger charge is -2.27. The molecule has 12 heteroatoms. The number of rotatable bonds is 8. The summed E-state index contributed by atoms with van der Waals surface area (Å²) < 4.78 is 70.5. The Labute approximate surface area is 249 Å². The third-order valence-electron chi connectivity index (χ3n) is 6.77. The molecule has 1 saturated heterocycles. The average Bonchev–Trinajstić information content (AvgIpc) is 2.98. The molecule has 1 fully saturated rings.